The molecule has 0 atom stereocenters. The van der Waals surface area contributed by atoms with Gasteiger partial charge in [0.15, 0.2) is 0 Å². The van der Waals surface area contributed by atoms with E-state index in [0.717, 1.165) is 0 Å². The first-order valence-corrected chi connectivity index (χ1v) is 7.29. The first-order chi connectivity index (χ1) is 9.90. The second-order valence-corrected chi connectivity index (χ2v) is 6.24. The Morgan fingerprint density at radius 2 is 2.00 bits per heavy atom. The molecule has 21 heavy (non-hydrogen) atoms. The largest absolute Gasteiger partial charge is 0.368 e. The van der Waals surface area contributed by atoms with Crippen LogP contribution < -0.4 is 5.32 Å². The minimum atomic E-state index is -0.463. The van der Waals surface area contributed by atoms with Gasteiger partial charge in [-0.3, -0.25) is 10.1 Å². The Bertz CT molecular complexity index is 645. The predicted octanol–water partition coefficient (Wildman–Crippen LogP) is 4.14. The van der Waals surface area contributed by atoms with Crippen molar-refractivity contribution in [3.63, 3.8) is 0 Å². The van der Waals surface area contributed by atoms with E-state index in [1.54, 1.807) is 0 Å². The molecule has 1 aromatic heterocycles. The maximum atomic E-state index is 10.7. The molecule has 0 fully saturated rings. The molecular weight excluding hydrogens is 334 g/mol. The Hall–Kier alpha value is -1.95. The Kier molecular flexibility index (Phi) is 4.57. The third-order valence-electron chi connectivity index (χ3n) is 3.29. The summed E-state index contributed by atoms with van der Waals surface area (Å²) >= 11 is 3.31. The Labute approximate surface area is 131 Å². The number of rotatable bonds is 5. The number of hydrogen-bond donors (Lipinski definition) is 1. The summed E-state index contributed by atoms with van der Waals surface area (Å²) in [6.45, 7) is 4.93. The van der Waals surface area contributed by atoms with E-state index in [1.807, 2.05) is 18.2 Å². The smallest absolute Gasteiger partial charge is 0.288 e. The molecule has 5 nitrogen and oxygen atoms in total. The van der Waals surface area contributed by atoms with Crippen molar-refractivity contribution in [1.82, 2.24) is 4.98 Å². The molecule has 2 rings (SSSR count). The van der Waals surface area contributed by atoms with Crippen molar-refractivity contribution in [2.24, 2.45) is 0 Å². The lowest BCUT2D eigenvalue weighted by Gasteiger charge is -2.26. The van der Waals surface area contributed by atoms with Crippen molar-refractivity contribution >= 4 is 27.4 Å². The summed E-state index contributed by atoms with van der Waals surface area (Å²) in [6.07, 6.45) is 1.25. The van der Waals surface area contributed by atoms with Crippen LogP contribution in [0.1, 0.15) is 19.4 Å². The van der Waals surface area contributed by atoms with Gasteiger partial charge in [-0.05, 0) is 21.5 Å². The van der Waals surface area contributed by atoms with Crippen LogP contribution in [0.2, 0.25) is 0 Å². The van der Waals surface area contributed by atoms with Gasteiger partial charge >= 0.3 is 0 Å². The van der Waals surface area contributed by atoms with E-state index >= 15 is 0 Å². The van der Waals surface area contributed by atoms with Gasteiger partial charge < -0.3 is 5.32 Å². The van der Waals surface area contributed by atoms with Gasteiger partial charge in [0.25, 0.3) is 5.69 Å². The molecule has 0 aliphatic rings. The van der Waals surface area contributed by atoms with Crippen LogP contribution in [-0.2, 0) is 5.41 Å². The van der Waals surface area contributed by atoms with Crippen molar-refractivity contribution in [2.45, 2.75) is 19.3 Å². The average molecular weight is 350 g/mol. The van der Waals surface area contributed by atoms with E-state index < -0.39 is 4.92 Å². The maximum Gasteiger partial charge on any atom is 0.288 e. The van der Waals surface area contributed by atoms with Crippen LogP contribution >= 0.6 is 15.9 Å². The molecule has 0 saturated heterocycles. The van der Waals surface area contributed by atoms with Crippen LogP contribution in [0.25, 0.3) is 0 Å². The highest BCUT2D eigenvalue weighted by molar-refractivity contribution is 9.10. The van der Waals surface area contributed by atoms with Gasteiger partial charge in [0.05, 0.1) is 9.40 Å². The second-order valence-electron chi connectivity index (χ2n) is 5.38. The van der Waals surface area contributed by atoms with E-state index in [-0.39, 0.29) is 11.1 Å². The molecule has 0 saturated carbocycles. The standard InChI is InChI=1S/C15H16BrN3O2/c1-15(2,11-6-4-3-5-7-11)10-18-14-13(16)8-12(9-17-14)19(20)21/h3-9H,10H2,1-2H3,(H,17,18). The number of aromatic nitrogens is 1. The van der Waals surface area contributed by atoms with Crippen molar-refractivity contribution in [2.75, 3.05) is 11.9 Å². The molecule has 0 spiro atoms. The normalized spacial score (nSPS) is 11.2. The molecule has 1 heterocycles. The molecule has 6 heteroatoms. The zero-order valence-electron chi connectivity index (χ0n) is 11.8. The SMILES string of the molecule is CC(C)(CNc1ncc([N+](=O)[O-])cc1Br)c1ccccc1. The number of nitrogens with zero attached hydrogens (tertiary/aromatic N) is 2. The first kappa shape index (κ1) is 15.4. The zero-order valence-corrected chi connectivity index (χ0v) is 13.4. The molecule has 0 aliphatic heterocycles. The summed E-state index contributed by atoms with van der Waals surface area (Å²) in [5.74, 6) is 0.601. The fourth-order valence-electron chi connectivity index (χ4n) is 1.95. The van der Waals surface area contributed by atoms with Crippen LogP contribution in [0.5, 0.6) is 0 Å². The molecule has 0 unspecified atom stereocenters. The van der Waals surface area contributed by atoms with Gasteiger partial charge in [-0.15, -0.1) is 0 Å². The third-order valence-corrected chi connectivity index (χ3v) is 3.90. The summed E-state index contributed by atoms with van der Waals surface area (Å²) in [6, 6.07) is 11.6. The average Bonchev–Trinajstić information content (AvgIpc) is 2.46. The van der Waals surface area contributed by atoms with Crippen LogP contribution in [0, 0.1) is 10.1 Å². The topological polar surface area (TPSA) is 68.1 Å². The predicted molar refractivity (Wildman–Crippen MR) is 86.5 cm³/mol. The van der Waals surface area contributed by atoms with Gasteiger partial charge in [0.2, 0.25) is 0 Å². The van der Waals surface area contributed by atoms with Crippen molar-refractivity contribution in [1.29, 1.82) is 0 Å². The van der Waals surface area contributed by atoms with E-state index in [1.165, 1.54) is 17.8 Å². The lowest BCUT2D eigenvalue weighted by atomic mass is 9.84. The Balaban J connectivity index is 2.11. The van der Waals surface area contributed by atoms with Crippen molar-refractivity contribution in [3.05, 3.63) is 62.7 Å². The highest BCUT2D eigenvalue weighted by atomic mass is 79.9. The number of hydrogen-bond acceptors (Lipinski definition) is 4. The van der Waals surface area contributed by atoms with Gasteiger partial charge in [0, 0.05) is 18.0 Å². The van der Waals surface area contributed by atoms with E-state index in [4.69, 9.17) is 0 Å². The number of nitro groups is 1. The minimum Gasteiger partial charge on any atom is -0.368 e. The highest BCUT2D eigenvalue weighted by Crippen LogP contribution is 2.27. The molecule has 0 bridgehead atoms. The van der Waals surface area contributed by atoms with Crippen LogP contribution in [-0.4, -0.2) is 16.5 Å². The summed E-state index contributed by atoms with van der Waals surface area (Å²) in [4.78, 5) is 14.3. The van der Waals surface area contributed by atoms with E-state index in [2.05, 4.69) is 52.2 Å². The number of halogens is 1. The fourth-order valence-corrected chi connectivity index (χ4v) is 2.43. The number of benzene rings is 1. The number of anilines is 1. The Morgan fingerprint density at radius 1 is 1.33 bits per heavy atom. The van der Waals surface area contributed by atoms with E-state index in [9.17, 15) is 10.1 Å². The highest BCUT2D eigenvalue weighted by Gasteiger charge is 2.21. The number of pyridine rings is 1. The van der Waals surface area contributed by atoms with Crippen LogP contribution in [0.4, 0.5) is 11.5 Å². The number of nitrogens with one attached hydrogen (secondary N) is 1. The Morgan fingerprint density at radius 3 is 2.57 bits per heavy atom. The zero-order chi connectivity index (χ0) is 15.5. The van der Waals surface area contributed by atoms with Crippen molar-refractivity contribution < 1.29 is 4.92 Å². The van der Waals surface area contributed by atoms with Gasteiger partial charge in [0.1, 0.15) is 12.0 Å². The van der Waals surface area contributed by atoms with Crippen LogP contribution in [0.3, 0.4) is 0 Å². The summed E-state index contributed by atoms with van der Waals surface area (Å²) in [5.41, 5.74) is 1.11. The van der Waals surface area contributed by atoms with Crippen LogP contribution in [0.15, 0.2) is 47.1 Å². The van der Waals surface area contributed by atoms with Gasteiger partial charge in [-0.25, -0.2) is 4.98 Å². The lowest BCUT2D eigenvalue weighted by Crippen LogP contribution is -2.28. The fraction of sp³-hybridized carbons (Fsp3) is 0.267. The van der Waals surface area contributed by atoms with Crippen molar-refractivity contribution in [3.8, 4) is 0 Å². The first-order valence-electron chi connectivity index (χ1n) is 6.49. The summed E-state index contributed by atoms with van der Waals surface area (Å²) in [7, 11) is 0. The molecule has 0 aliphatic carbocycles. The summed E-state index contributed by atoms with van der Waals surface area (Å²) < 4.78 is 0.584. The quantitative estimate of drug-likeness (QED) is 0.650. The summed E-state index contributed by atoms with van der Waals surface area (Å²) in [5, 5.41) is 13.9. The van der Waals surface area contributed by atoms with Gasteiger partial charge in [-0.1, -0.05) is 44.2 Å². The molecule has 1 aromatic carbocycles. The molecule has 0 amide bonds. The lowest BCUT2D eigenvalue weighted by molar-refractivity contribution is -0.385. The maximum absolute atomic E-state index is 10.7. The molecule has 0 radical (unpaired) electrons. The second kappa shape index (κ2) is 6.22. The molecule has 110 valence electrons. The molecule has 1 N–H and O–H groups in total. The van der Waals surface area contributed by atoms with Gasteiger partial charge in [-0.2, -0.15) is 0 Å². The molecular formula is C15H16BrN3O2. The van der Waals surface area contributed by atoms with E-state index in [0.29, 0.717) is 16.8 Å². The monoisotopic (exact) mass is 349 g/mol. The minimum absolute atomic E-state index is 0.0326. The molecule has 2 aromatic rings. The third kappa shape index (κ3) is 3.78.